The second-order valence-corrected chi connectivity index (χ2v) is 4.00. The largest absolute Gasteiger partial charge is 0.396 e. The van der Waals surface area contributed by atoms with Crippen LogP contribution in [0.5, 0.6) is 0 Å². The van der Waals surface area contributed by atoms with Crippen LogP contribution in [0.2, 0.25) is 0 Å². The van der Waals surface area contributed by atoms with E-state index in [4.69, 9.17) is 5.11 Å². The average Bonchev–Trinajstić information content (AvgIpc) is 2.40. The van der Waals surface area contributed by atoms with E-state index in [9.17, 15) is 0 Å². The summed E-state index contributed by atoms with van der Waals surface area (Å²) in [5.74, 6) is 0. The van der Waals surface area contributed by atoms with E-state index in [1.54, 1.807) is 0 Å². The Hall–Kier alpha value is -1.86. The summed E-state index contributed by atoms with van der Waals surface area (Å²) in [6, 6.07) is 16.6. The van der Waals surface area contributed by atoms with Crippen LogP contribution in [-0.2, 0) is 6.42 Å². The molecule has 0 aromatic heterocycles. The van der Waals surface area contributed by atoms with Gasteiger partial charge in [-0.25, -0.2) is 0 Å². The highest BCUT2D eigenvalue weighted by molar-refractivity contribution is 5.65. The van der Waals surface area contributed by atoms with Crippen molar-refractivity contribution in [1.29, 1.82) is 0 Å². The highest BCUT2D eigenvalue weighted by Crippen LogP contribution is 2.20. The topological polar surface area (TPSA) is 20.2 Å². The van der Waals surface area contributed by atoms with E-state index in [0.717, 1.165) is 12.0 Å². The maximum absolute atomic E-state index is 8.85. The van der Waals surface area contributed by atoms with Crippen molar-refractivity contribution < 1.29 is 5.11 Å². The summed E-state index contributed by atoms with van der Waals surface area (Å²) >= 11 is 0. The third kappa shape index (κ3) is 2.83. The molecule has 0 aliphatic carbocycles. The summed E-state index contributed by atoms with van der Waals surface area (Å²) in [6.07, 6.45) is 2.56. The van der Waals surface area contributed by atoms with Crippen LogP contribution >= 0.6 is 0 Å². The molecule has 0 fully saturated rings. The van der Waals surface area contributed by atoms with E-state index in [0.29, 0.717) is 0 Å². The molecule has 0 heterocycles. The van der Waals surface area contributed by atoms with E-state index in [1.165, 1.54) is 16.7 Å². The van der Waals surface area contributed by atoms with Crippen LogP contribution in [0.15, 0.2) is 55.1 Å². The van der Waals surface area contributed by atoms with Crippen molar-refractivity contribution in [3.63, 3.8) is 0 Å². The van der Waals surface area contributed by atoms with E-state index in [2.05, 4.69) is 55.1 Å². The molecule has 0 saturated heterocycles. The summed E-state index contributed by atoms with van der Waals surface area (Å²) in [5.41, 5.74) is 4.69. The van der Waals surface area contributed by atoms with Gasteiger partial charge in [-0.2, -0.15) is 0 Å². The second kappa shape index (κ2) is 5.46. The van der Waals surface area contributed by atoms with Gasteiger partial charge < -0.3 is 5.11 Å². The monoisotopic (exact) mass is 224 g/mol. The summed E-state index contributed by atoms with van der Waals surface area (Å²) < 4.78 is 0. The van der Waals surface area contributed by atoms with Gasteiger partial charge in [-0.1, -0.05) is 61.2 Å². The van der Waals surface area contributed by atoms with E-state index in [-0.39, 0.29) is 6.61 Å². The number of benzene rings is 2. The lowest BCUT2D eigenvalue weighted by Gasteiger charge is -2.04. The van der Waals surface area contributed by atoms with Crippen molar-refractivity contribution in [3.05, 3.63) is 66.2 Å². The number of aliphatic hydroxyl groups is 1. The molecule has 0 atom stereocenters. The van der Waals surface area contributed by atoms with Crippen LogP contribution < -0.4 is 0 Å². The van der Waals surface area contributed by atoms with Crippen molar-refractivity contribution in [3.8, 4) is 11.1 Å². The van der Waals surface area contributed by atoms with Crippen molar-refractivity contribution in [2.45, 2.75) is 6.42 Å². The summed E-state index contributed by atoms with van der Waals surface area (Å²) in [4.78, 5) is 0. The smallest absolute Gasteiger partial charge is 0.0471 e. The molecule has 0 radical (unpaired) electrons. The van der Waals surface area contributed by atoms with E-state index in [1.807, 2.05) is 6.08 Å². The highest BCUT2D eigenvalue weighted by Gasteiger charge is 1.98. The fraction of sp³-hybridized carbons (Fsp3) is 0.125. The van der Waals surface area contributed by atoms with Crippen molar-refractivity contribution in [1.82, 2.24) is 0 Å². The molecule has 0 bridgehead atoms. The van der Waals surface area contributed by atoms with Crippen molar-refractivity contribution in [2.75, 3.05) is 6.61 Å². The maximum Gasteiger partial charge on any atom is 0.0471 e. The molecule has 1 N–H and O–H groups in total. The molecule has 0 amide bonds. The molecule has 0 spiro atoms. The minimum Gasteiger partial charge on any atom is -0.396 e. The third-order valence-corrected chi connectivity index (χ3v) is 2.83. The Balaban J connectivity index is 2.23. The van der Waals surface area contributed by atoms with Gasteiger partial charge in [0.25, 0.3) is 0 Å². The Labute approximate surface area is 102 Å². The van der Waals surface area contributed by atoms with Crippen LogP contribution in [0.25, 0.3) is 17.2 Å². The predicted molar refractivity (Wildman–Crippen MR) is 72.8 cm³/mol. The average molecular weight is 224 g/mol. The van der Waals surface area contributed by atoms with Gasteiger partial charge >= 0.3 is 0 Å². The summed E-state index contributed by atoms with van der Waals surface area (Å²) in [5, 5.41) is 8.85. The minimum absolute atomic E-state index is 0.202. The zero-order valence-corrected chi connectivity index (χ0v) is 9.76. The molecule has 0 aliphatic heterocycles. The predicted octanol–water partition coefficient (Wildman–Crippen LogP) is 3.53. The van der Waals surface area contributed by atoms with Crippen LogP contribution in [0.4, 0.5) is 0 Å². The van der Waals surface area contributed by atoms with E-state index >= 15 is 0 Å². The zero-order chi connectivity index (χ0) is 12.1. The molecule has 2 aromatic carbocycles. The van der Waals surface area contributed by atoms with Gasteiger partial charge in [0.05, 0.1) is 0 Å². The number of rotatable bonds is 4. The van der Waals surface area contributed by atoms with Crippen LogP contribution in [0.1, 0.15) is 11.1 Å². The first-order valence-electron chi connectivity index (χ1n) is 5.76. The van der Waals surface area contributed by atoms with Crippen LogP contribution in [0, 0.1) is 0 Å². The Kier molecular flexibility index (Phi) is 3.73. The molecule has 86 valence electrons. The Morgan fingerprint density at radius 2 is 1.41 bits per heavy atom. The van der Waals surface area contributed by atoms with Gasteiger partial charge in [0.15, 0.2) is 0 Å². The molecule has 2 rings (SSSR count). The van der Waals surface area contributed by atoms with Gasteiger partial charge in [0.1, 0.15) is 0 Å². The number of hydrogen-bond donors (Lipinski definition) is 1. The Morgan fingerprint density at radius 1 is 0.882 bits per heavy atom. The van der Waals surface area contributed by atoms with Crippen molar-refractivity contribution in [2.24, 2.45) is 0 Å². The lowest BCUT2D eigenvalue weighted by atomic mass is 10.0. The summed E-state index contributed by atoms with van der Waals surface area (Å²) in [6.45, 7) is 3.94. The summed E-state index contributed by atoms with van der Waals surface area (Å²) in [7, 11) is 0. The maximum atomic E-state index is 8.85. The number of aliphatic hydroxyl groups excluding tert-OH is 1. The molecule has 0 unspecified atom stereocenters. The molecule has 1 nitrogen and oxygen atoms in total. The lowest BCUT2D eigenvalue weighted by molar-refractivity contribution is 0.299. The van der Waals surface area contributed by atoms with Gasteiger partial charge in [-0.15, -0.1) is 0 Å². The van der Waals surface area contributed by atoms with Crippen LogP contribution in [0.3, 0.4) is 0 Å². The molecule has 0 saturated carbocycles. The Bertz CT molecular complexity index is 480. The fourth-order valence-electron chi connectivity index (χ4n) is 1.80. The van der Waals surface area contributed by atoms with E-state index < -0.39 is 0 Å². The molecule has 0 aliphatic rings. The van der Waals surface area contributed by atoms with Gasteiger partial charge in [0, 0.05) is 6.61 Å². The molecule has 1 heteroatoms. The first-order chi connectivity index (χ1) is 8.33. The Morgan fingerprint density at radius 3 is 1.88 bits per heavy atom. The first-order valence-corrected chi connectivity index (χ1v) is 5.76. The third-order valence-electron chi connectivity index (χ3n) is 2.83. The van der Waals surface area contributed by atoms with Gasteiger partial charge in [-0.05, 0) is 28.7 Å². The molecular formula is C16H16O. The lowest BCUT2D eigenvalue weighted by Crippen LogP contribution is -1.89. The second-order valence-electron chi connectivity index (χ2n) is 4.00. The fourth-order valence-corrected chi connectivity index (χ4v) is 1.80. The normalized spacial score (nSPS) is 10.2. The number of hydrogen-bond acceptors (Lipinski definition) is 1. The molecule has 17 heavy (non-hydrogen) atoms. The standard InChI is InChI=1S/C16H16O/c1-2-13-3-7-15(8-4-13)16-9-5-14(6-10-16)11-12-17/h2-10,17H,1,11-12H2. The van der Waals surface area contributed by atoms with Crippen LogP contribution in [-0.4, -0.2) is 11.7 Å². The quantitative estimate of drug-likeness (QED) is 0.842. The molecule has 2 aromatic rings. The van der Waals surface area contributed by atoms with Crippen molar-refractivity contribution >= 4 is 6.08 Å². The zero-order valence-electron chi connectivity index (χ0n) is 9.76. The SMILES string of the molecule is C=Cc1ccc(-c2ccc(CCO)cc2)cc1. The highest BCUT2D eigenvalue weighted by atomic mass is 16.2. The van der Waals surface area contributed by atoms with Gasteiger partial charge in [-0.3, -0.25) is 0 Å². The van der Waals surface area contributed by atoms with Gasteiger partial charge in [0.2, 0.25) is 0 Å². The minimum atomic E-state index is 0.202. The first kappa shape index (κ1) is 11.6. The molecular weight excluding hydrogens is 208 g/mol.